The number of nitrogens with zero attached hydrogens (tertiary/aromatic N) is 5. The Balaban J connectivity index is 0.00000481. The predicted octanol–water partition coefficient (Wildman–Crippen LogP) is 4.30. The first kappa shape index (κ1) is 36.3. The second kappa shape index (κ2) is 13.1. The van der Waals surface area contributed by atoms with Gasteiger partial charge in [0, 0.05) is 12.6 Å². The van der Waals surface area contributed by atoms with Crippen LogP contribution in [0.25, 0.3) is 15.2 Å². The van der Waals surface area contributed by atoms with E-state index < -0.39 is 68.6 Å². The molecule has 1 aromatic carbocycles. The number of carbonyl (C=O) groups is 1. The molecule has 7 rings (SSSR count). The normalized spacial score (nSPS) is 21.8. The van der Waals surface area contributed by atoms with Gasteiger partial charge in [-0.15, -0.1) is 4.80 Å². The molecule has 3 fully saturated rings. The van der Waals surface area contributed by atoms with Gasteiger partial charge in [-0.2, -0.15) is 19.0 Å². The number of sulfonamides is 1. The molecule has 1 unspecified atom stereocenters. The Labute approximate surface area is 301 Å². The maximum atomic E-state index is 14.9. The Morgan fingerprint density at radius 3 is 2.40 bits per heavy atom. The molecular formula is C33H39F3N6O8S2. The van der Waals surface area contributed by atoms with Crippen LogP contribution < -0.4 is 20.7 Å². The summed E-state index contributed by atoms with van der Waals surface area (Å²) in [5, 5.41) is 8.76. The summed E-state index contributed by atoms with van der Waals surface area (Å²) in [5.41, 5.74) is -3.40. The topological polar surface area (TPSA) is 166 Å². The number of halogens is 3. The number of alkyl halides is 2. The van der Waals surface area contributed by atoms with Crippen LogP contribution >= 0.6 is 11.3 Å². The minimum Gasteiger partial charge on any atom is -0.434 e. The van der Waals surface area contributed by atoms with Gasteiger partial charge in [0.1, 0.15) is 33.0 Å². The smallest absolute Gasteiger partial charge is 0.387 e. The van der Waals surface area contributed by atoms with Gasteiger partial charge in [-0.3, -0.25) is 18.9 Å². The number of nitrogens with one attached hydrogen (secondary N) is 1. The lowest BCUT2D eigenvalue weighted by molar-refractivity contribution is -0.124. The van der Waals surface area contributed by atoms with Gasteiger partial charge < -0.3 is 14.2 Å². The summed E-state index contributed by atoms with van der Waals surface area (Å²) in [4.78, 5) is 44.3. The first-order valence-electron chi connectivity index (χ1n) is 16.8. The molecule has 282 valence electrons. The predicted molar refractivity (Wildman–Crippen MR) is 184 cm³/mol. The Kier molecular flexibility index (Phi) is 9.14. The molecule has 1 saturated carbocycles. The highest BCUT2D eigenvalue weighted by molar-refractivity contribution is 7.91. The van der Waals surface area contributed by atoms with Crippen molar-refractivity contribution in [2.24, 2.45) is 0 Å². The summed E-state index contributed by atoms with van der Waals surface area (Å²) >= 11 is 1.00. The van der Waals surface area contributed by atoms with Crippen molar-refractivity contribution in [2.45, 2.75) is 114 Å². The molecule has 14 nitrogen and oxygen atoms in total. The number of thiophene rings is 1. The number of aryl methyl sites for hydroxylation is 1. The van der Waals surface area contributed by atoms with Crippen LogP contribution in [0.1, 0.15) is 78.0 Å². The number of amides is 1. The van der Waals surface area contributed by atoms with Gasteiger partial charge in [-0.05, 0) is 84.4 Å². The van der Waals surface area contributed by atoms with Crippen LogP contribution in [-0.2, 0) is 36.4 Å². The molecule has 3 aliphatic rings. The van der Waals surface area contributed by atoms with Gasteiger partial charge in [0.05, 0.1) is 47.4 Å². The quantitative estimate of drug-likeness (QED) is 0.233. The highest BCUT2D eigenvalue weighted by atomic mass is 32.2. The molecule has 2 bridgehead atoms. The second-order valence-electron chi connectivity index (χ2n) is 14.4. The summed E-state index contributed by atoms with van der Waals surface area (Å²) in [7, 11) is -4.24. The van der Waals surface area contributed by atoms with Crippen LogP contribution in [0.2, 0.25) is 0 Å². The van der Waals surface area contributed by atoms with Crippen molar-refractivity contribution >= 4 is 37.5 Å². The van der Waals surface area contributed by atoms with Crippen molar-refractivity contribution in [1.82, 2.24) is 28.9 Å². The van der Waals surface area contributed by atoms with Crippen LogP contribution in [0.15, 0.2) is 40.2 Å². The van der Waals surface area contributed by atoms with Crippen LogP contribution in [0.5, 0.6) is 5.75 Å². The van der Waals surface area contributed by atoms with E-state index in [0.717, 1.165) is 46.9 Å². The Hall–Kier alpha value is -4.07. The third-order valence-electron chi connectivity index (χ3n) is 9.88. The maximum Gasteiger partial charge on any atom is 0.387 e. The third kappa shape index (κ3) is 6.45. The van der Waals surface area contributed by atoms with E-state index >= 15 is 0 Å². The summed E-state index contributed by atoms with van der Waals surface area (Å²) in [6, 6.07) is 3.02. The van der Waals surface area contributed by atoms with Crippen molar-refractivity contribution in [3.63, 3.8) is 0 Å². The SMILES string of the molecule is Cc1c(-n2nccn2)sc2c1c(=O)n(C1(C(=O)NS(=O)(=O)C(C)(C)C)CC1)c(=O)n2C[C@H](OC1C[C@H]2CC[C@@H](C1)O2)c1cc(F)ccc1OC(F)F.[HH]. The standard InChI is InChI=1S/C33H37F3N6O8S2.H2/c1-17-25-26(43)41(33(9-10-33)29(44)39-52(46,47)32(2,3)4)31(45)40(28(25)51-27(17)42-37-11-12-38-42)16-24(49-21-14-19-6-7-20(15-21)48-19)22-13-18(34)5-8-23(22)50-30(35)36;/h5,8,11-13,19-21,24,30H,6-7,9-10,14-16H2,1-4H3,(H,39,44);1H/t19-,20+,21?,24-;/m0./s1. The Morgan fingerprint density at radius 2 is 1.81 bits per heavy atom. The number of hydrogen-bond acceptors (Lipinski definition) is 11. The summed E-state index contributed by atoms with van der Waals surface area (Å²) in [6.45, 7) is 2.12. The molecular weight excluding hydrogens is 730 g/mol. The van der Waals surface area contributed by atoms with Gasteiger partial charge in [-0.25, -0.2) is 22.2 Å². The number of aromatic nitrogens is 5. The molecule has 0 spiro atoms. The van der Waals surface area contributed by atoms with Crippen LogP contribution in [0, 0.1) is 12.7 Å². The first-order valence-corrected chi connectivity index (χ1v) is 19.1. The molecule has 19 heteroatoms. The molecule has 3 aromatic heterocycles. The molecule has 4 atom stereocenters. The van der Waals surface area contributed by atoms with Crippen LogP contribution in [-0.4, -0.2) is 68.1 Å². The molecule has 4 aromatic rings. The largest absolute Gasteiger partial charge is 0.434 e. The van der Waals surface area contributed by atoms with Gasteiger partial charge in [0.2, 0.25) is 10.0 Å². The van der Waals surface area contributed by atoms with Crippen molar-refractivity contribution in [3.8, 4) is 10.8 Å². The van der Waals surface area contributed by atoms with Crippen molar-refractivity contribution in [1.29, 1.82) is 0 Å². The number of ether oxygens (including phenoxy) is 3. The molecule has 1 aliphatic carbocycles. The van der Waals surface area contributed by atoms with Gasteiger partial charge in [0.15, 0.2) is 0 Å². The maximum absolute atomic E-state index is 14.9. The molecule has 1 N–H and O–H groups in total. The molecule has 1 amide bonds. The molecule has 52 heavy (non-hydrogen) atoms. The van der Waals surface area contributed by atoms with Gasteiger partial charge in [-0.1, -0.05) is 11.3 Å². The average molecular weight is 769 g/mol. The van der Waals surface area contributed by atoms with Crippen LogP contribution in [0.4, 0.5) is 13.2 Å². The number of benzene rings is 1. The number of rotatable bonds is 11. The monoisotopic (exact) mass is 768 g/mol. The highest BCUT2D eigenvalue weighted by Gasteiger charge is 2.56. The third-order valence-corrected chi connectivity index (χ3v) is 13.2. The van der Waals surface area contributed by atoms with E-state index in [1.807, 2.05) is 0 Å². The zero-order chi connectivity index (χ0) is 37.3. The highest BCUT2D eigenvalue weighted by Crippen LogP contribution is 2.44. The number of hydrogen-bond donors (Lipinski definition) is 1. The molecule has 0 radical (unpaired) electrons. The van der Waals surface area contributed by atoms with E-state index in [4.69, 9.17) is 14.2 Å². The number of carbonyl (C=O) groups excluding carboxylic acids is 1. The van der Waals surface area contributed by atoms with Gasteiger partial charge >= 0.3 is 12.3 Å². The minimum absolute atomic E-state index is 0. The van der Waals surface area contributed by atoms with Crippen molar-refractivity contribution < 1.29 is 42.0 Å². The molecule has 2 aliphatic heterocycles. The fourth-order valence-electron chi connectivity index (χ4n) is 6.93. The minimum atomic E-state index is -4.24. The lowest BCUT2D eigenvalue weighted by atomic mass is 10.0. The van der Waals surface area contributed by atoms with E-state index in [0.29, 0.717) is 23.4 Å². The van der Waals surface area contributed by atoms with Crippen molar-refractivity contribution in [3.05, 3.63) is 68.4 Å². The Bertz CT molecular complexity index is 2260. The zero-order valence-electron chi connectivity index (χ0n) is 28.7. The van der Waals surface area contributed by atoms with E-state index in [1.54, 1.807) is 6.92 Å². The molecule has 2 saturated heterocycles. The molecule has 5 heterocycles. The average Bonchev–Trinajstić information content (AvgIpc) is 3.33. The fourth-order valence-corrected chi connectivity index (χ4v) is 8.89. The summed E-state index contributed by atoms with van der Waals surface area (Å²) < 4.78 is 88.2. The van der Waals surface area contributed by atoms with Crippen LogP contribution in [0.3, 0.4) is 0 Å². The zero-order valence-corrected chi connectivity index (χ0v) is 30.3. The lowest BCUT2D eigenvalue weighted by Gasteiger charge is -2.32. The first-order chi connectivity index (χ1) is 24.5. The van der Waals surface area contributed by atoms with E-state index in [9.17, 15) is 36.0 Å². The van der Waals surface area contributed by atoms with E-state index in [2.05, 4.69) is 14.9 Å². The van der Waals surface area contributed by atoms with E-state index in [-0.39, 0.29) is 48.0 Å². The number of fused-ring (bicyclic) bond motifs is 3. The van der Waals surface area contributed by atoms with E-state index in [1.165, 1.54) is 42.5 Å². The Morgan fingerprint density at radius 1 is 1.15 bits per heavy atom. The lowest BCUT2D eigenvalue weighted by Crippen LogP contribution is -2.54. The second-order valence-corrected chi connectivity index (χ2v) is 17.8. The summed E-state index contributed by atoms with van der Waals surface area (Å²) in [6.07, 6.45) is 3.45. The fraction of sp³-hybridized carbons (Fsp3) is 0.545. The van der Waals surface area contributed by atoms with Gasteiger partial charge in [0.25, 0.3) is 11.5 Å². The summed E-state index contributed by atoms with van der Waals surface area (Å²) in [5.74, 6) is -2.19. The van der Waals surface area contributed by atoms with Crippen molar-refractivity contribution in [2.75, 3.05) is 0 Å².